The largest absolute Gasteiger partial charge is 0.385 e. The van der Waals surface area contributed by atoms with Crippen molar-refractivity contribution in [3.05, 3.63) is 0 Å². The third-order valence-corrected chi connectivity index (χ3v) is 2.71. The second kappa shape index (κ2) is 10.4. The van der Waals surface area contributed by atoms with Gasteiger partial charge < -0.3 is 10.1 Å². The standard InChI is InChI=1S/C10H23NOS/c1-4-11-10(7-9-13-3)6-5-8-12-2/h10-11H,4-9H2,1-3H3. The first-order valence-electron chi connectivity index (χ1n) is 5.06. The zero-order valence-corrected chi connectivity index (χ0v) is 9.95. The van der Waals surface area contributed by atoms with Gasteiger partial charge >= 0.3 is 0 Å². The highest BCUT2D eigenvalue weighted by atomic mass is 32.2. The fraction of sp³-hybridized carbons (Fsp3) is 1.00. The highest BCUT2D eigenvalue weighted by molar-refractivity contribution is 7.98. The van der Waals surface area contributed by atoms with Crippen LogP contribution in [0.25, 0.3) is 0 Å². The molecule has 0 rings (SSSR count). The lowest BCUT2D eigenvalue weighted by molar-refractivity contribution is 0.188. The molecule has 2 nitrogen and oxygen atoms in total. The first-order valence-corrected chi connectivity index (χ1v) is 6.45. The molecule has 13 heavy (non-hydrogen) atoms. The molecule has 80 valence electrons. The summed E-state index contributed by atoms with van der Waals surface area (Å²) in [6, 6.07) is 0.688. The number of hydrogen-bond donors (Lipinski definition) is 1. The predicted molar refractivity (Wildman–Crippen MR) is 61.6 cm³/mol. The third kappa shape index (κ3) is 8.60. The SMILES string of the molecule is CCNC(CCCOC)CCSC. The van der Waals surface area contributed by atoms with Gasteiger partial charge in [0.05, 0.1) is 0 Å². The summed E-state index contributed by atoms with van der Waals surface area (Å²) < 4.78 is 5.04. The van der Waals surface area contributed by atoms with Crippen LogP contribution < -0.4 is 5.32 Å². The third-order valence-electron chi connectivity index (χ3n) is 2.06. The van der Waals surface area contributed by atoms with Crippen LogP contribution in [-0.2, 0) is 4.74 Å². The minimum Gasteiger partial charge on any atom is -0.385 e. The average Bonchev–Trinajstić information content (AvgIpc) is 2.14. The van der Waals surface area contributed by atoms with E-state index in [0.717, 1.165) is 13.2 Å². The van der Waals surface area contributed by atoms with E-state index in [4.69, 9.17) is 4.74 Å². The van der Waals surface area contributed by atoms with Crippen molar-refractivity contribution >= 4 is 11.8 Å². The van der Waals surface area contributed by atoms with Crippen LogP contribution in [0.15, 0.2) is 0 Å². The fourth-order valence-corrected chi connectivity index (χ4v) is 1.89. The molecular formula is C10H23NOS. The van der Waals surface area contributed by atoms with Gasteiger partial charge in [-0.2, -0.15) is 11.8 Å². The molecule has 1 atom stereocenters. The van der Waals surface area contributed by atoms with Crippen LogP contribution in [0.2, 0.25) is 0 Å². The molecular weight excluding hydrogens is 182 g/mol. The van der Waals surface area contributed by atoms with Crippen molar-refractivity contribution in [1.82, 2.24) is 5.32 Å². The summed E-state index contributed by atoms with van der Waals surface area (Å²) in [6.45, 7) is 4.13. The second-order valence-corrected chi connectivity index (χ2v) is 4.16. The number of rotatable bonds is 9. The number of ether oxygens (including phenoxy) is 1. The first-order chi connectivity index (χ1) is 6.35. The minimum atomic E-state index is 0.688. The molecule has 0 spiro atoms. The molecule has 3 heteroatoms. The van der Waals surface area contributed by atoms with Gasteiger partial charge in [0.2, 0.25) is 0 Å². The van der Waals surface area contributed by atoms with Crippen LogP contribution in [0.1, 0.15) is 26.2 Å². The molecule has 0 aromatic carbocycles. The minimum absolute atomic E-state index is 0.688. The topological polar surface area (TPSA) is 21.3 Å². The number of hydrogen-bond acceptors (Lipinski definition) is 3. The predicted octanol–water partition coefficient (Wildman–Crippen LogP) is 2.14. The molecule has 0 fully saturated rings. The van der Waals surface area contributed by atoms with Gasteiger partial charge in [0.15, 0.2) is 0 Å². The fourth-order valence-electron chi connectivity index (χ4n) is 1.37. The Labute approximate surface area is 86.8 Å². The summed E-state index contributed by atoms with van der Waals surface area (Å²) >= 11 is 1.92. The molecule has 0 radical (unpaired) electrons. The summed E-state index contributed by atoms with van der Waals surface area (Å²) in [5.41, 5.74) is 0. The summed E-state index contributed by atoms with van der Waals surface area (Å²) in [7, 11) is 1.77. The Bertz CT molecular complexity index is 101. The van der Waals surface area contributed by atoms with E-state index < -0.39 is 0 Å². The Balaban J connectivity index is 3.41. The van der Waals surface area contributed by atoms with Crippen molar-refractivity contribution in [2.45, 2.75) is 32.2 Å². The Morgan fingerprint density at radius 1 is 1.38 bits per heavy atom. The molecule has 0 saturated heterocycles. The maximum absolute atomic E-state index is 5.04. The van der Waals surface area contributed by atoms with Gasteiger partial charge in [0, 0.05) is 19.8 Å². The molecule has 0 aliphatic heterocycles. The van der Waals surface area contributed by atoms with Crippen molar-refractivity contribution < 1.29 is 4.74 Å². The van der Waals surface area contributed by atoms with Gasteiger partial charge in [0.1, 0.15) is 0 Å². The maximum atomic E-state index is 5.04. The van der Waals surface area contributed by atoms with Gasteiger partial charge in [-0.1, -0.05) is 6.92 Å². The van der Waals surface area contributed by atoms with Crippen molar-refractivity contribution in [3.8, 4) is 0 Å². The van der Waals surface area contributed by atoms with Crippen molar-refractivity contribution in [3.63, 3.8) is 0 Å². The summed E-state index contributed by atoms with van der Waals surface area (Å²) in [5.74, 6) is 1.25. The van der Waals surface area contributed by atoms with E-state index in [1.807, 2.05) is 11.8 Å². The van der Waals surface area contributed by atoms with Crippen molar-refractivity contribution in [1.29, 1.82) is 0 Å². The van der Waals surface area contributed by atoms with E-state index in [-0.39, 0.29) is 0 Å². The lowest BCUT2D eigenvalue weighted by Gasteiger charge is -2.16. The summed E-state index contributed by atoms with van der Waals surface area (Å²) in [6.07, 6.45) is 5.85. The Hall–Kier alpha value is 0.270. The molecule has 0 aromatic rings. The molecule has 0 amide bonds. The van der Waals surface area contributed by atoms with Crippen LogP contribution in [0.5, 0.6) is 0 Å². The van der Waals surface area contributed by atoms with E-state index in [1.165, 1.54) is 25.0 Å². The van der Waals surface area contributed by atoms with Crippen molar-refractivity contribution in [2.24, 2.45) is 0 Å². The van der Waals surface area contributed by atoms with Gasteiger partial charge in [0.25, 0.3) is 0 Å². The number of methoxy groups -OCH3 is 1. The highest BCUT2D eigenvalue weighted by Gasteiger charge is 2.05. The Morgan fingerprint density at radius 2 is 2.15 bits per heavy atom. The normalized spacial score (nSPS) is 13.2. The zero-order valence-electron chi connectivity index (χ0n) is 9.14. The Kier molecular flexibility index (Phi) is 10.6. The monoisotopic (exact) mass is 205 g/mol. The molecule has 0 saturated carbocycles. The van der Waals surface area contributed by atoms with E-state index in [2.05, 4.69) is 18.5 Å². The Morgan fingerprint density at radius 3 is 2.69 bits per heavy atom. The molecule has 0 bridgehead atoms. The van der Waals surface area contributed by atoms with E-state index >= 15 is 0 Å². The summed E-state index contributed by atoms with van der Waals surface area (Å²) in [5, 5.41) is 3.51. The van der Waals surface area contributed by atoms with Crippen LogP contribution in [0.3, 0.4) is 0 Å². The molecule has 1 N–H and O–H groups in total. The van der Waals surface area contributed by atoms with Gasteiger partial charge in [-0.3, -0.25) is 0 Å². The van der Waals surface area contributed by atoms with E-state index in [1.54, 1.807) is 7.11 Å². The quantitative estimate of drug-likeness (QED) is 0.583. The van der Waals surface area contributed by atoms with Gasteiger partial charge in [-0.25, -0.2) is 0 Å². The molecule has 0 aromatic heterocycles. The number of nitrogens with one attached hydrogen (secondary N) is 1. The van der Waals surface area contributed by atoms with Crippen LogP contribution in [-0.4, -0.2) is 38.3 Å². The molecule has 0 aliphatic carbocycles. The highest BCUT2D eigenvalue weighted by Crippen LogP contribution is 2.06. The zero-order chi connectivity index (χ0) is 9.94. The van der Waals surface area contributed by atoms with Gasteiger partial charge in [-0.05, 0) is 37.8 Å². The molecule has 0 heterocycles. The van der Waals surface area contributed by atoms with Crippen LogP contribution in [0, 0.1) is 0 Å². The van der Waals surface area contributed by atoms with Crippen molar-refractivity contribution in [2.75, 3.05) is 32.3 Å². The van der Waals surface area contributed by atoms with Gasteiger partial charge in [-0.15, -0.1) is 0 Å². The molecule has 1 unspecified atom stereocenters. The van der Waals surface area contributed by atoms with Crippen LogP contribution >= 0.6 is 11.8 Å². The first kappa shape index (κ1) is 13.3. The lowest BCUT2D eigenvalue weighted by atomic mass is 10.1. The summed E-state index contributed by atoms with van der Waals surface area (Å²) in [4.78, 5) is 0. The number of thioether (sulfide) groups is 1. The lowest BCUT2D eigenvalue weighted by Crippen LogP contribution is -2.29. The van der Waals surface area contributed by atoms with Crippen LogP contribution in [0.4, 0.5) is 0 Å². The second-order valence-electron chi connectivity index (χ2n) is 3.17. The smallest absolute Gasteiger partial charge is 0.0462 e. The van der Waals surface area contributed by atoms with E-state index in [0.29, 0.717) is 6.04 Å². The average molecular weight is 205 g/mol. The molecule has 0 aliphatic rings. The van der Waals surface area contributed by atoms with E-state index in [9.17, 15) is 0 Å². The maximum Gasteiger partial charge on any atom is 0.0462 e.